The van der Waals surface area contributed by atoms with Crippen molar-refractivity contribution >= 4 is 41.3 Å². The first-order valence-electron chi connectivity index (χ1n) is 9.58. The van der Waals surface area contributed by atoms with Gasteiger partial charge in [0.1, 0.15) is 0 Å². The fraction of sp³-hybridized carbons (Fsp3) is 0.350. The van der Waals surface area contributed by atoms with Crippen LogP contribution in [0.3, 0.4) is 0 Å². The summed E-state index contributed by atoms with van der Waals surface area (Å²) >= 11 is 1.01. The Kier molecular flexibility index (Phi) is 9.75. The van der Waals surface area contributed by atoms with Gasteiger partial charge in [-0.3, -0.25) is 4.99 Å². The molecule has 2 N–H and O–H groups in total. The highest BCUT2D eigenvalue weighted by Crippen LogP contribution is 2.30. The molecule has 2 aromatic heterocycles. The van der Waals surface area contributed by atoms with Gasteiger partial charge < -0.3 is 10.6 Å². The number of hydrogen-bond donors (Lipinski definition) is 2. The normalized spacial score (nSPS) is 11.8. The van der Waals surface area contributed by atoms with E-state index in [-0.39, 0.29) is 24.0 Å². The molecule has 6 nitrogen and oxygen atoms in total. The van der Waals surface area contributed by atoms with Gasteiger partial charge in [0.05, 0.1) is 10.7 Å². The summed E-state index contributed by atoms with van der Waals surface area (Å²) in [6.07, 6.45) is 0.414. The molecule has 0 aliphatic heterocycles. The van der Waals surface area contributed by atoms with Crippen molar-refractivity contribution in [1.82, 2.24) is 25.4 Å². The van der Waals surface area contributed by atoms with Gasteiger partial charge in [0, 0.05) is 43.8 Å². The van der Waals surface area contributed by atoms with Crippen molar-refractivity contribution in [2.24, 2.45) is 4.99 Å². The smallest absolute Gasteiger partial charge is 0.357 e. The first-order chi connectivity index (χ1) is 14.5. The van der Waals surface area contributed by atoms with Gasteiger partial charge in [-0.1, -0.05) is 12.1 Å². The monoisotopic (exact) mass is 564 g/mol. The number of halogens is 4. The Morgan fingerprint density at radius 1 is 1.16 bits per heavy atom. The van der Waals surface area contributed by atoms with E-state index in [1.54, 1.807) is 10.9 Å². The summed E-state index contributed by atoms with van der Waals surface area (Å²) in [4.78, 5) is 8.06. The van der Waals surface area contributed by atoms with Crippen LogP contribution in [-0.4, -0.2) is 40.4 Å². The van der Waals surface area contributed by atoms with Crippen LogP contribution >= 0.6 is 35.3 Å². The summed E-state index contributed by atoms with van der Waals surface area (Å²) in [6, 6.07) is 10.0. The zero-order chi connectivity index (χ0) is 21.4. The van der Waals surface area contributed by atoms with Crippen LogP contribution in [0.2, 0.25) is 0 Å². The lowest BCUT2D eigenvalue weighted by Crippen LogP contribution is -2.38. The quantitative estimate of drug-likeness (QED) is 0.243. The number of benzene rings is 1. The molecule has 0 atom stereocenters. The molecule has 31 heavy (non-hydrogen) atoms. The van der Waals surface area contributed by atoms with Crippen LogP contribution < -0.4 is 10.6 Å². The number of nitrogens with one attached hydrogen (secondary N) is 2. The molecule has 168 valence electrons. The van der Waals surface area contributed by atoms with Crippen LogP contribution in [0.1, 0.15) is 23.2 Å². The molecule has 0 saturated carbocycles. The molecule has 0 fully saturated rings. The molecule has 0 unspecified atom stereocenters. The van der Waals surface area contributed by atoms with Gasteiger partial charge in [0.15, 0.2) is 11.7 Å². The van der Waals surface area contributed by atoms with E-state index in [2.05, 4.69) is 37.8 Å². The van der Waals surface area contributed by atoms with Gasteiger partial charge in [-0.25, -0.2) is 9.67 Å². The van der Waals surface area contributed by atoms with E-state index in [4.69, 9.17) is 0 Å². The largest absolute Gasteiger partial charge is 0.434 e. The SMILES string of the molecule is CCNC(=NCCc1nc(C(F)(F)F)cs1)NCCc1ccc(-n2cccn2)cc1.I. The number of hydrogen-bond acceptors (Lipinski definition) is 4. The van der Waals surface area contributed by atoms with Crippen LogP contribution in [0.25, 0.3) is 5.69 Å². The first kappa shape index (κ1) is 25.1. The number of aliphatic imine (C=N–C) groups is 1. The third-order valence-electron chi connectivity index (χ3n) is 4.19. The second-order valence-corrected chi connectivity index (χ2v) is 7.37. The number of aromatic nitrogens is 3. The summed E-state index contributed by atoms with van der Waals surface area (Å²) in [5, 5.41) is 12.1. The third kappa shape index (κ3) is 7.80. The average Bonchev–Trinajstić information content (AvgIpc) is 3.40. The van der Waals surface area contributed by atoms with Gasteiger partial charge in [-0.05, 0) is 37.1 Å². The number of alkyl halides is 3. The zero-order valence-electron chi connectivity index (χ0n) is 16.9. The number of guanidine groups is 1. The molecule has 1 aromatic carbocycles. The van der Waals surface area contributed by atoms with Crippen molar-refractivity contribution in [3.8, 4) is 5.69 Å². The maximum absolute atomic E-state index is 12.6. The predicted octanol–water partition coefficient (Wildman–Crippen LogP) is 4.31. The Morgan fingerprint density at radius 3 is 2.55 bits per heavy atom. The highest BCUT2D eigenvalue weighted by molar-refractivity contribution is 14.0. The van der Waals surface area contributed by atoms with Crippen molar-refractivity contribution < 1.29 is 13.2 Å². The zero-order valence-corrected chi connectivity index (χ0v) is 20.0. The van der Waals surface area contributed by atoms with Gasteiger partial charge in [0.25, 0.3) is 0 Å². The fourth-order valence-electron chi connectivity index (χ4n) is 2.72. The number of nitrogens with zero attached hydrogens (tertiary/aromatic N) is 4. The van der Waals surface area contributed by atoms with Gasteiger partial charge in [-0.15, -0.1) is 35.3 Å². The van der Waals surface area contributed by atoms with Crippen molar-refractivity contribution in [1.29, 1.82) is 0 Å². The van der Waals surface area contributed by atoms with Crippen molar-refractivity contribution in [2.45, 2.75) is 25.9 Å². The second-order valence-electron chi connectivity index (χ2n) is 6.43. The van der Waals surface area contributed by atoms with E-state index in [1.165, 1.54) is 5.56 Å². The van der Waals surface area contributed by atoms with Crippen molar-refractivity contribution in [3.63, 3.8) is 0 Å². The summed E-state index contributed by atoms with van der Waals surface area (Å²) < 4.78 is 39.7. The average molecular weight is 564 g/mol. The van der Waals surface area contributed by atoms with Crippen LogP contribution in [0.4, 0.5) is 13.2 Å². The van der Waals surface area contributed by atoms with Crippen LogP contribution in [-0.2, 0) is 19.0 Å². The maximum Gasteiger partial charge on any atom is 0.434 e. The van der Waals surface area contributed by atoms with Gasteiger partial charge in [0.2, 0.25) is 0 Å². The summed E-state index contributed by atoms with van der Waals surface area (Å²) in [5.74, 6) is 0.637. The van der Waals surface area contributed by atoms with E-state index < -0.39 is 11.9 Å². The highest BCUT2D eigenvalue weighted by Gasteiger charge is 2.33. The molecular weight excluding hydrogens is 540 g/mol. The number of rotatable bonds is 8. The Morgan fingerprint density at radius 2 is 1.94 bits per heavy atom. The molecular formula is C20H24F3IN6S. The summed E-state index contributed by atoms with van der Waals surface area (Å²) in [6.45, 7) is 3.70. The summed E-state index contributed by atoms with van der Waals surface area (Å²) in [5.41, 5.74) is 1.34. The minimum atomic E-state index is -4.40. The fourth-order valence-corrected chi connectivity index (χ4v) is 3.52. The Labute approximate surface area is 200 Å². The van der Waals surface area contributed by atoms with E-state index in [9.17, 15) is 13.2 Å². The lowest BCUT2D eigenvalue weighted by Gasteiger charge is -2.11. The predicted molar refractivity (Wildman–Crippen MR) is 127 cm³/mol. The Bertz CT molecular complexity index is 939. The lowest BCUT2D eigenvalue weighted by molar-refractivity contribution is -0.140. The molecule has 3 aromatic rings. The molecule has 0 saturated heterocycles. The van der Waals surface area contributed by atoms with Gasteiger partial charge >= 0.3 is 6.18 Å². The van der Waals surface area contributed by atoms with Crippen LogP contribution in [0.15, 0.2) is 53.1 Å². The van der Waals surface area contributed by atoms with E-state index in [1.807, 2.05) is 31.3 Å². The van der Waals surface area contributed by atoms with E-state index in [0.717, 1.165) is 28.8 Å². The van der Waals surface area contributed by atoms with Crippen LogP contribution in [0, 0.1) is 0 Å². The minimum Gasteiger partial charge on any atom is -0.357 e. The second kappa shape index (κ2) is 12.0. The van der Waals surface area contributed by atoms with E-state index in [0.29, 0.717) is 37.0 Å². The minimum absolute atomic E-state index is 0. The van der Waals surface area contributed by atoms with Crippen molar-refractivity contribution in [3.05, 3.63) is 64.4 Å². The van der Waals surface area contributed by atoms with Crippen LogP contribution in [0.5, 0.6) is 0 Å². The standard InChI is InChI=1S/C20H23F3N6S.HI/c1-2-24-19(26-12-9-18-28-17(14-30-18)20(21,22)23)25-11-8-15-4-6-16(7-5-15)29-13-3-10-27-29;/h3-7,10,13-14H,2,8-9,11-12H2,1H3,(H2,24,25,26);1H. The highest BCUT2D eigenvalue weighted by atomic mass is 127. The van der Waals surface area contributed by atoms with E-state index >= 15 is 0 Å². The maximum atomic E-state index is 12.6. The summed E-state index contributed by atoms with van der Waals surface area (Å²) in [7, 11) is 0. The molecule has 11 heteroatoms. The topological polar surface area (TPSA) is 67.1 Å². The molecule has 0 spiro atoms. The Balaban J connectivity index is 0.00000341. The molecule has 0 radical (unpaired) electrons. The molecule has 3 rings (SSSR count). The number of thiazole rings is 1. The third-order valence-corrected chi connectivity index (χ3v) is 5.10. The lowest BCUT2D eigenvalue weighted by atomic mass is 10.1. The van der Waals surface area contributed by atoms with Gasteiger partial charge in [-0.2, -0.15) is 18.3 Å². The molecule has 0 aliphatic carbocycles. The molecule has 0 aliphatic rings. The molecule has 0 bridgehead atoms. The Hall–Kier alpha value is -2.15. The molecule has 0 amide bonds. The van der Waals surface area contributed by atoms with Crippen molar-refractivity contribution in [2.75, 3.05) is 19.6 Å². The molecule has 2 heterocycles. The first-order valence-corrected chi connectivity index (χ1v) is 10.5.